The first-order chi connectivity index (χ1) is 8.18. The lowest BCUT2D eigenvalue weighted by Crippen LogP contribution is -2.02. The van der Waals surface area contributed by atoms with E-state index in [1.807, 2.05) is 47.7 Å². The molecule has 3 aromatic rings. The number of hydrogen-bond acceptors (Lipinski definition) is 2. The van der Waals surface area contributed by atoms with Gasteiger partial charge >= 0.3 is 0 Å². The van der Waals surface area contributed by atoms with Gasteiger partial charge in [0.2, 0.25) is 0 Å². The molecule has 0 unspecified atom stereocenters. The van der Waals surface area contributed by atoms with E-state index in [-0.39, 0.29) is 0 Å². The molecule has 4 nitrogen and oxygen atoms in total. The second-order valence-corrected chi connectivity index (χ2v) is 4.74. The van der Waals surface area contributed by atoms with Crippen LogP contribution in [0, 0.1) is 6.92 Å². The van der Waals surface area contributed by atoms with Crippen molar-refractivity contribution < 1.29 is 0 Å². The van der Waals surface area contributed by atoms with Crippen LogP contribution in [0.5, 0.6) is 0 Å². The Morgan fingerprint density at radius 3 is 2.71 bits per heavy atom. The normalized spacial score (nSPS) is 11.2. The Kier molecular flexibility index (Phi) is 2.29. The number of aromatic nitrogens is 4. The molecule has 0 aliphatic carbocycles. The molecule has 0 amide bonds. The lowest BCUT2D eigenvalue weighted by molar-refractivity contribution is 0.726. The van der Waals surface area contributed by atoms with E-state index >= 15 is 0 Å². The molecule has 0 saturated carbocycles. The number of benzene rings is 1. The van der Waals surface area contributed by atoms with Gasteiger partial charge in [0, 0.05) is 7.05 Å². The van der Waals surface area contributed by atoms with Crippen LogP contribution < -0.4 is 0 Å². The molecule has 5 heteroatoms. The maximum atomic E-state index is 4.39. The third-order valence-corrected chi connectivity index (χ3v) is 3.73. The number of nitrogens with zero attached hydrogens (tertiary/aromatic N) is 4. The number of fused-ring (bicyclic) bond motifs is 1. The first-order valence-corrected chi connectivity index (χ1v) is 6.09. The zero-order chi connectivity index (χ0) is 12.0. The fraction of sp³-hybridized carbons (Fsp3) is 0.167. The molecule has 0 saturated heterocycles. The molecule has 0 aliphatic heterocycles. The van der Waals surface area contributed by atoms with Crippen molar-refractivity contribution in [2.45, 2.75) is 6.92 Å². The van der Waals surface area contributed by atoms with Crippen molar-refractivity contribution in [2.75, 3.05) is 0 Å². The van der Waals surface area contributed by atoms with Crippen molar-refractivity contribution >= 4 is 27.0 Å². The van der Waals surface area contributed by atoms with Crippen LogP contribution in [-0.2, 0) is 7.05 Å². The van der Waals surface area contributed by atoms with Gasteiger partial charge in [-0.1, -0.05) is 12.1 Å². The molecule has 2 heterocycles. The summed E-state index contributed by atoms with van der Waals surface area (Å²) in [6.07, 6.45) is 1.83. The minimum absolute atomic E-state index is 0.972. The van der Waals surface area contributed by atoms with Crippen molar-refractivity contribution in [2.24, 2.45) is 7.05 Å². The first-order valence-electron chi connectivity index (χ1n) is 5.30. The predicted octanol–water partition coefficient (Wildman–Crippen LogP) is 2.83. The van der Waals surface area contributed by atoms with E-state index in [9.17, 15) is 0 Å². The minimum atomic E-state index is 0.972. The fourth-order valence-corrected chi connectivity index (χ4v) is 2.54. The quantitative estimate of drug-likeness (QED) is 0.691. The summed E-state index contributed by atoms with van der Waals surface area (Å²) in [6, 6.07) is 8.06. The Hall–Kier alpha value is -1.62. The molecule has 2 aromatic heterocycles. The van der Waals surface area contributed by atoms with E-state index in [0.29, 0.717) is 0 Å². The highest BCUT2D eigenvalue weighted by atomic mass is 79.9. The molecule has 1 aromatic carbocycles. The Bertz CT molecular complexity index is 696. The van der Waals surface area contributed by atoms with E-state index in [4.69, 9.17) is 0 Å². The van der Waals surface area contributed by atoms with Crippen molar-refractivity contribution in [1.82, 2.24) is 19.3 Å². The third kappa shape index (κ3) is 1.50. The predicted molar refractivity (Wildman–Crippen MR) is 70.3 cm³/mol. The highest BCUT2D eigenvalue weighted by Crippen LogP contribution is 2.26. The average molecular weight is 291 g/mol. The average Bonchev–Trinajstić information content (AvgIpc) is 2.82. The molecular formula is C12H11BrN4. The van der Waals surface area contributed by atoms with Gasteiger partial charge in [0.25, 0.3) is 0 Å². The molecule has 0 N–H and O–H groups in total. The standard InChI is InChI=1S/C12H11BrN4/c1-8-11(13)12(16(2)15-8)17-7-14-9-5-3-4-6-10(9)17/h3-7H,1-2H3. The summed E-state index contributed by atoms with van der Waals surface area (Å²) < 4.78 is 4.90. The maximum absolute atomic E-state index is 4.39. The van der Waals surface area contributed by atoms with Crippen LogP contribution in [0.15, 0.2) is 35.1 Å². The number of hydrogen-bond donors (Lipinski definition) is 0. The Labute approximate surface area is 107 Å². The lowest BCUT2D eigenvalue weighted by atomic mass is 10.3. The molecule has 3 rings (SSSR count). The van der Waals surface area contributed by atoms with Gasteiger partial charge in [0.1, 0.15) is 6.33 Å². The maximum Gasteiger partial charge on any atom is 0.151 e. The highest BCUT2D eigenvalue weighted by Gasteiger charge is 2.14. The smallest absolute Gasteiger partial charge is 0.151 e. The summed E-state index contributed by atoms with van der Waals surface area (Å²) in [6.45, 7) is 1.98. The lowest BCUT2D eigenvalue weighted by Gasteiger charge is -2.05. The summed E-state index contributed by atoms with van der Waals surface area (Å²) in [5.41, 5.74) is 3.04. The zero-order valence-corrected chi connectivity index (χ0v) is 11.1. The van der Waals surface area contributed by atoms with Gasteiger partial charge in [0.05, 0.1) is 21.2 Å². The van der Waals surface area contributed by atoms with Gasteiger partial charge in [-0.25, -0.2) is 4.98 Å². The Morgan fingerprint density at radius 1 is 1.24 bits per heavy atom. The van der Waals surface area contributed by atoms with Crippen LogP contribution in [0.2, 0.25) is 0 Å². The second kappa shape index (κ2) is 3.70. The van der Waals surface area contributed by atoms with Crippen molar-refractivity contribution in [3.05, 3.63) is 40.8 Å². The Balaban J connectivity index is 2.35. The summed E-state index contributed by atoms with van der Waals surface area (Å²) in [5.74, 6) is 0.996. The van der Waals surface area contributed by atoms with E-state index in [1.165, 1.54) is 0 Å². The van der Waals surface area contributed by atoms with Gasteiger partial charge in [-0.2, -0.15) is 5.10 Å². The molecule has 0 spiro atoms. The van der Waals surface area contributed by atoms with E-state index in [0.717, 1.165) is 27.0 Å². The fourth-order valence-electron chi connectivity index (χ4n) is 2.01. The number of rotatable bonds is 1. The Morgan fingerprint density at radius 2 is 2.00 bits per heavy atom. The van der Waals surface area contributed by atoms with Crippen LogP contribution in [0.4, 0.5) is 0 Å². The summed E-state index contributed by atoms with van der Waals surface area (Å²) in [4.78, 5) is 4.39. The number of para-hydroxylation sites is 2. The number of aryl methyl sites for hydroxylation is 2. The van der Waals surface area contributed by atoms with Gasteiger partial charge in [-0.05, 0) is 35.0 Å². The van der Waals surface area contributed by atoms with E-state index < -0.39 is 0 Å². The number of imidazole rings is 1. The SMILES string of the molecule is Cc1nn(C)c(-n2cnc3ccccc32)c1Br. The number of halogens is 1. The molecule has 17 heavy (non-hydrogen) atoms. The van der Waals surface area contributed by atoms with Crippen LogP contribution in [0.3, 0.4) is 0 Å². The molecule has 0 bridgehead atoms. The summed E-state index contributed by atoms with van der Waals surface area (Å²) in [5, 5.41) is 4.39. The van der Waals surface area contributed by atoms with Crippen molar-refractivity contribution in [3.63, 3.8) is 0 Å². The van der Waals surface area contributed by atoms with E-state index in [1.54, 1.807) is 0 Å². The topological polar surface area (TPSA) is 35.6 Å². The van der Waals surface area contributed by atoms with Crippen LogP contribution >= 0.6 is 15.9 Å². The first kappa shape index (κ1) is 10.5. The molecule has 86 valence electrons. The van der Waals surface area contributed by atoms with Gasteiger partial charge in [-0.15, -0.1) is 0 Å². The van der Waals surface area contributed by atoms with Crippen LogP contribution in [0.1, 0.15) is 5.69 Å². The summed E-state index contributed by atoms with van der Waals surface area (Å²) in [7, 11) is 1.93. The summed E-state index contributed by atoms with van der Waals surface area (Å²) >= 11 is 3.58. The molecule has 0 atom stereocenters. The minimum Gasteiger partial charge on any atom is -0.282 e. The third-order valence-electron chi connectivity index (χ3n) is 2.80. The monoisotopic (exact) mass is 290 g/mol. The van der Waals surface area contributed by atoms with Crippen molar-refractivity contribution in [3.8, 4) is 5.82 Å². The molecular weight excluding hydrogens is 280 g/mol. The molecule has 0 radical (unpaired) electrons. The van der Waals surface area contributed by atoms with E-state index in [2.05, 4.69) is 32.1 Å². The second-order valence-electron chi connectivity index (χ2n) is 3.95. The highest BCUT2D eigenvalue weighted by molar-refractivity contribution is 9.10. The van der Waals surface area contributed by atoms with Gasteiger partial charge in [0.15, 0.2) is 5.82 Å². The molecule has 0 fully saturated rings. The van der Waals surface area contributed by atoms with Crippen LogP contribution in [-0.4, -0.2) is 19.3 Å². The van der Waals surface area contributed by atoms with Gasteiger partial charge in [-0.3, -0.25) is 9.25 Å². The van der Waals surface area contributed by atoms with Crippen molar-refractivity contribution in [1.29, 1.82) is 0 Å². The largest absolute Gasteiger partial charge is 0.282 e. The van der Waals surface area contributed by atoms with Crippen LogP contribution in [0.25, 0.3) is 16.9 Å². The zero-order valence-electron chi connectivity index (χ0n) is 9.55. The molecule has 0 aliphatic rings. The van der Waals surface area contributed by atoms with Gasteiger partial charge < -0.3 is 0 Å².